The third-order valence-electron chi connectivity index (χ3n) is 5.55. The molecule has 0 radical (unpaired) electrons. The molecule has 3 aromatic rings. The summed E-state index contributed by atoms with van der Waals surface area (Å²) in [4.78, 5) is 11.9. The molecule has 1 fully saturated rings. The molecule has 1 saturated carbocycles. The summed E-state index contributed by atoms with van der Waals surface area (Å²) in [7, 11) is 0. The first-order valence-corrected chi connectivity index (χ1v) is 10.4. The van der Waals surface area contributed by atoms with Crippen LogP contribution in [0.15, 0.2) is 48.5 Å². The predicted octanol–water partition coefficient (Wildman–Crippen LogP) is 5.57. The lowest BCUT2D eigenvalue weighted by molar-refractivity contribution is 0.752. The van der Waals surface area contributed by atoms with Gasteiger partial charge in [0.15, 0.2) is 0 Å². The van der Waals surface area contributed by atoms with Crippen LogP contribution in [0, 0.1) is 0 Å². The molecule has 1 aliphatic carbocycles. The fourth-order valence-electron chi connectivity index (χ4n) is 3.98. The van der Waals surface area contributed by atoms with Crippen LogP contribution < -0.4 is 15.5 Å². The second kappa shape index (κ2) is 8.46. The molecule has 1 heterocycles. The minimum Gasteiger partial charge on any atom is -0.372 e. The van der Waals surface area contributed by atoms with Crippen molar-refractivity contribution < 1.29 is 0 Å². The van der Waals surface area contributed by atoms with Gasteiger partial charge in [-0.05, 0) is 63.1 Å². The molecule has 0 amide bonds. The van der Waals surface area contributed by atoms with E-state index in [0.29, 0.717) is 12.0 Å². The molecule has 0 saturated heterocycles. The third kappa shape index (κ3) is 4.03. The zero-order valence-corrected chi connectivity index (χ0v) is 16.8. The Morgan fingerprint density at radius 3 is 2.36 bits per heavy atom. The highest BCUT2D eigenvalue weighted by Gasteiger charge is 2.17. The molecule has 0 bridgehead atoms. The summed E-state index contributed by atoms with van der Waals surface area (Å²) in [6, 6.07) is 17.2. The standard InChI is InChI=1S/C23H29N5/c1-3-28(4-2)19-15-13-18(14-16-19)25-23-26-21-12-8-7-11-20(21)22(27-23)24-17-9-5-6-10-17/h7-8,11-17H,3-6,9-10H2,1-2H3,(H2,24,25,26,27). The Hall–Kier alpha value is -2.82. The highest BCUT2D eigenvalue weighted by atomic mass is 15.2. The van der Waals surface area contributed by atoms with Gasteiger partial charge in [-0.1, -0.05) is 25.0 Å². The fraction of sp³-hybridized carbons (Fsp3) is 0.391. The maximum atomic E-state index is 4.81. The third-order valence-corrected chi connectivity index (χ3v) is 5.55. The van der Waals surface area contributed by atoms with Crippen molar-refractivity contribution in [3.8, 4) is 0 Å². The average molecular weight is 376 g/mol. The smallest absolute Gasteiger partial charge is 0.229 e. The number of benzene rings is 2. The zero-order valence-electron chi connectivity index (χ0n) is 16.8. The molecule has 4 rings (SSSR count). The summed E-state index contributed by atoms with van der Waals surface area (Å²) in [6.45, 7) is 6.37. The van der Waals surface area contributed by atoms with Gasteiger partial charge in [0.25, 0.3) is 0 Å². The number of rotatable bonds is 7. The lowest BCUT2D eigenvalue weighted by Crippen LogP contribution is -2.21. The van der Waals surface area contributed by atoms with Crippen molar-refractivity contribution in [2.24, 2.45) is 0 Å². The van der Waals surface area contributed by atoms with Crippen molar-refractivity contribution in [2.75, 3.05) is 28.6 Å². The Bertz CT molecular complexity index is 912. The molecule has 146 valence electrons. The Kier molecular flexibility index (Phi) is 5.60. The monoisotopic (exact) mass is 375 g/mol. The molecule has 0 aliphatic heterocycles. The van der Waals surface area contributed by atoms with Gasteiger partial charge < -0.3 is 15.5 Å². The van der Waals surface area contributed by atoms with Gasteiger partial charge in [-0.3, -0.25) is 0 Å². The van der Waals surface area contributed by atoms with Gasteiger partial charge in [-0.15, -0.1) is 0 Å². The Morgan fingerprint density at radius 1 is 0.929 bits per heavy atom. The van der Waals surface area contributed by atoms with E-state index in [1.54, 1.807) is 0 Å². The van der Waals surface area contributed by atoms with E-state index in [9.17, 15) is 0 Å². The maximum Gasteiger partial charge on any atom is 0.229 e. The zero-order chi connectivity index (χ0) is 19.3. The second-order valence-electron chi connectivity index (χ2n) is 7.38. The van der Waals surface area contributed by atoms with Crippen molar-refractivity contribution in [1.29, 1.82) is 0 Å². The average Bonchev–Trinajstić information content (AvgIpc) is 3.23. The first-order valence-electron chi connectivity index (χ1n) is 10.4. The van der Waals surface area contributed by atoms with E-state index in [4.69, 9.17) is 9.97 Å². The second-order valence-corrected chi connectivity index (χ2v) is 7.38. The number of hydrogen-bond acceptors (Lipinski definition) is 5. The van der Waals surface area contributed by atoms with Crippen LogP contribution in [-0.2, 0) is 0 Å². The molecular formula is C23H29N5. The van der Waals surface area contributed by atoms with E-state index in [2.05, 4.69) is 59.7 Å². The van der Waals surface area contributed by atoms with Gasteiger partial charge >= 0.3 is 0 Å². The summed E-state index contributed by atoms with van der Waals surface area (Å²) in [5, 5.41) is 8.11. The normalized spacial score (nSPS) is 14.4. The number of aromatic nitrogens is 2. The number of fused-ring (bicyclic) bond motifs is 1. The number of anilines is 4. The van der Waals surface area contributed by atoms with Crippen molar-refractivity contribution in [1.82, 2.24) is 9.97 Å². The van der Waals surface area contributed by atoms with Gasteiger partial charge in [-0.2, -0.15) is 4.98 Å². The van der Waals surface area contributed by atoms with E-state index in [1.807, 2.05) is 18.2 Å². The topological polar surface area (TPSA) is 53.1 Å². The minimum absolute atomic E-state index is 0.513. The van der Waals surface area contributed by atoms with Crippen molar-refractivity contribution in [3.63, 3.8) is 0 Å². The van der Waals surface area contributed by atoms with E-state index in [-0.39, 0.29) is 0 Å². The van der Waals surface area contributed by atoms with Crippen LogP contribution in [0.4, 0.5) is 23.1 Å². The molecule has 0 atom stereocenters. The summed E-state index contributed by atoms with van der Waals surface area (Å²) >= 11 is 0. The number of nitrogens with one attached hydrogen (secondary N) is 2. The summed E-state index contributed by atoms with van der Waals surface area (Å²) in [6.07, 6.45) is 5.02. The van der Waals surface area contributed by atoms with Gasteiger partial charge in [0.1, 0.15) is 5.82 Å². The van der Waals surface area contributed by atoms with E-state index < -0.39 is 0 Å². The molecule has 1 aromatic heterocycles. The Balaban J connectivity index is 1.59. The van der Waals surface area contributed by atoms with Crippen LogP contribution in [-0.4, -0.2) is 29.1 Å². The Labute approximate surface area is 167 Å². The van der Waals surface area contributed by atoms with Gasteiger partial charge in [0.05, 0.1) is 5.52 Å². The number of para-hydroxylation sites is 1. The van der Waals surface area contributed by atoms with Crippen LogP contribution in [0.3, 0.4) is 0 Å². The molecule has 0 unspecified atom stereocenters. The first-order chi connectivity index (χ1) is 13.8. The molecule has 2 N–H and O–H groups in total. The maximum absolute atomic E-state index is 4.81. The summed E-state index contributed by atoms with van der Waals surface area (Å²) < 4.78 is 0. The SMILES string of the molecule is CCN(CC)c1ccc(Nc2nc(NC3CCCC3)c3ccccc3n2)cc1. The van der Waals surface area contributed by atoms with Crippen LogP contribution in [0.2, 0.25) is 0 Å². The highest BCUT2D eigenvalue weighted by Crippen LogP contribution is 2.28. The molecule has 5 nitrogen and oxygen atoms in total. The van der Waals surface area contributed by atoms with Gasteiger partial charge in [-0.25, -0.2) is 4.98 Å². The van der Waals surface area contributed by atoms with Crippen molar-refractivity contribution in [2.45, 2.75) is 45.6 Å². The van der Waals surface area contributed by atoms with Crippen LogP contribution >= 0.6 is 0 Å². The van der Waals surface area contributed by atoms with Crippen molar-refractivity contribution in [3.05, 3.63) is 48.5 Å². The molecule has 5 heteroatoms. The summed E-state index contributed by atoms with van der Waals surface area (Å²) in [5.41, 5.74) is 3.19. The number of hydrogen-bond donors (Lipinski definition) is 2. The van der Waals surface area contributed by atoms with Crippen LogP contribution in [0.25, 0.3) is 10.9 Å². The van der Waals surface area contributed by atoms with Gasteiger partial charge in [0.2, 0.25) is 5.95 Å². The van der Waals surface area contributed by atoms with Gasteiger partial charge in [0, 0.05) is 35.9 Å². The molecule has 0 spiro atoms. The predicted molar refractivity (Wildman–Crippen MR) is 119 cm³/mol. The quantitative estimate of drug-likeness (QED) is 0.565. The minimum atomic E-state index is 0.513. The first kappa shape index (κ1) is 18.5. The molecular weight excluding hydrogens is 346 g/mol. The Morgan fingerprint density at radius 2 is 1.64 bits per heavy atom. The van der Waals surface area contributed by atoms with E-state index >= 15 is 0 Å². The van der Waals surface area contributed by atoms with E-state index in [1.165, 1.54) is 31.4 Å². The highest BCUT2D eigenvalue weighted by molar-refractivity contribution is 5.90. The number of nitrogens with zero attached hydrogens (tertiary/aromatic N) is 3. The molecule has 28 heavy (non-hydrogen) atoms. The fourth-order valence-corrected chi connectivity index (χ4v) is 3.98. The van der Waals surface area contributed by atoms with Crippen molar-refractivity contribution >= 4 is 34.0 Å². The van der Waals surface area contributed by atoms with Crippen LogP contribution in [0.5, 0.6) is 0 Å². The molecule has 2 aromatic carbocycles. The lowest BCUT2D eigenvalue weighted by atomic mass is 10.2. The molecule has 1 aliphatic rings. The largest absolute Gasteiger partial charge is 0.372 e. The lowest BCUT2D eigenvalue weighted by Gasteiger charge is -2.21. The summed E-state index contributed by atoms with van der Waals surface area (Å²) in [5.74, 6) is 1.56. The van der Waals surface area contributed by atoms with E-state index in [0.717, 1.165) is 35.5 Å². The van der Waals surface area contributed by atoms with Crippen LogP contribution in [0.1, 0.15) is 39.5 Å².